The Morgan fingerprint density at radius 3 is 2.63 bits per heavy atom. The number of nitrogens with zero attached hydrogens (tertiary/aromatic N) is 3. The second-order valence-electron chi connectivity index (χ2n) is 8.82. The van der Waals surface area contributed by atoms with E-state index in [0.29, 0.717) is 5.56 Å². The molecule has 2 saturated heterocycles. The quantitative estimate of drug-likeness (QED) is 0.753. The highest BCUT2D eigenvalue weighted by Crippen LogP contribution is 2.29. The van der Waals surface area contributed by atoms with Gasteiger partial charge in [0, 0.05) is 24.8 Å². The smallest absolute Gasteiger partial charge is 0.255 e. The van der Waals surface area contributed by atoms with Crippen LogP contribution in [0.5, 0.6) is 0 Å². The highest BCUT2D eigenvalue weighted by atomic mass is 16.1. The summed E-state index contributed by atoms with van der Waals surface area (Å²) in [6, 6.07) is 11.5. The Hall–Kier alpha value is -2.40. The van der Waals surface area contributed by atoms with Crippen molar-refractivity contribution < 1.29 is 4.79 Å². The molecule has 2 aromatic rings. The number of anilines is 2. The zero-order valence-electron chi connectivity index (χ0n) is 18.1. The van der Waals surface area contributed by atoms with E-state index in [1.165, 1.54) is 58.2 Å². The molecule has 0 aliphatic carbocycles. The molecule has 0 radical (unpaired) electrons. The van der Waals surface area contributed by atoms with E-state index in [-0.39, 0.29) is 5.91 Å². The summed E-state index contributed by atoms with van der Waals surface area (Å²) in [4.78, 5) is 22.3. The lowest BCUT2D eigenvalue weighted by Crippen LogP contribution is -2.37. The number of carbonyl (C=O) groups excluding carboxylic acids is 1. The fourth-order valence-electron chi connectivity index (χ4n) is 4.71. The molecule has 4 rings (SSSR count). The maximum absolute atomic E-state index is 12.7. The van der Waals surface area contributed by atoms with Crippen molar-refractivity contribution in [2.45, 2.75) is 45.4 Å². The van der Waals surface area contributed by atoms with Gasteiger partial charge in [-0.2, -0.15) is 0 Å². The van der Waals surface area contributed by atoms with Gasteiger partial charge in [0.2, 0.25) is 0 Å². The van der Waals surface area contributed by atoms with Crippen molar-refractivity contribution >= 4 is 17.4 Å². The standard InChI is InChI=1S/C25H34N4O/c1-20-7-5-8-22(19-20)25(30)27-23-9-6-13-26-24(23)29-17-11-21(12-18-29)10-16-28-14-3-2-4-15-28/h5-9,13,19,21H,2-4,10-12,14-18H2,1H3,(H,27,30). The largest absolute Gasteiger partial charge is 0.355 e. The SMILES string of the molecule is Cc1cccc(C(=O)Nc2cccnc2N2CCC(CCN3CCCCC3)CC2)c1. The molecule has 0 bridgehead atoms. The molecule has 1 N–H and O–H groups in total. The van der Waals surface area contributed by atoms with E-state index in [9.17, 15) is 4.79 Å². The minimum Gasteiger partial charge on any atom is -0.355 e. The maximum atomic E-state index is 12.7. The molecule has 0 spiro atoms. The van der Waals surface area contributed by atoms with Gasteiger partial charge in [-0.3, -0.25) is 4.79 Å². The van der Waals surface area contributed by atoms with Crippen LogP contribution in [0.2, 0.25) is 0 Å². The fraction of sp³-hybridized carbons (Fsp3) is 0.520. The van der Waals surface area contributed by atoms with Crippen LogP contribution in [0.4, 0.5) is 11.5 Å². The molecule has 30 heavy (non-hydrogen) atoms. The van der Waals surface area contributed by atoms with Crippen LogP contribution in [-0.4, -0.2) is 48.5 Å². The average molecular weight is 407 g/mol. The zero-order chi connectivity index (χ0) is 20.8. The zero-order valence-corrected chi connectivity index (χ0v) is 18.1. The van der Waals surface area contributed by atoms with Gasteiger partial charge in [-0.1, -0.05) is 24.1 Å². The Morgan fingerprint density at radius 1 is 1.07 bits per heavy atom. The molecule has 1 aromatic carbocycles. The molecule has 2 fully saturated rings. The predicted octanol–water partition coefficient (Wildman–Crippen LogP) is 4.73. The van der Waals surface area contributed by atoms with E-state index in [2.05, 4.69) is 20.1 Å². The van der Waals surface area contributed by atoms with E-state index in [4.69, 9.17) is 0 Å². The molecule has 0 atom stereocenters. The number of aromatic nitrogens is 1. The number of amides is 1. The van der Waals surface area contributed by atoms with Crippen molar-refractivity contribution in [2.24, 2.45) is 5.92 Å². The van der Waals surface area contributed by atoms with Gasteiger partial charge >= 0.3 is 0 Å². The minimum atomic E-state index is -0.0793. The third kappa shape index (κ3) is 5.39. The molecule has 3 heterocycles. The lowest BCUT2D eigenvalue weighted by Gasteiger charge is -2.35. The summed E-state index contributed by atoms with van der Waals surface area (Å²) < 4.78 is 0. The van der Waals surface area contributed by atoms with Crippen LogP contribution < -0.4 is 10.2 Å². The lowest BCUT2D eigenvalue weighted by molar-refractivity contribution is 0.102. The van der Waals surface area contributed by atoms with E-state index in [1.807, 2.05) is 49.5 Å². The van der Waals surface area contributed by atoms with Gasteiger partial charge < -0.3 is 15.1 Å². The number of nitrogens with one attached hydrogen (secondary N) is 1. The third-order valence-corrected chi connectivity index (χ3v) is 6.53. The number of aryl methyl sites for hydroxylation is 1. The van der Waals surface area contributed by atoms with E-state index in [0.717, 1.165) is 36.1 Å². The Morgan fingerprint density at radius 2 is 1.87 bits per heavy atom. The maximum Gasteiger partial charge on any atom is 0.255 e. The predicted molar refractivity (Wildman–Crippen MR) is 123 cm³/mol. The monoisotopic (exact) mass is 406 g/mol. The molecule has 5 heteroatoms. The van der Waals surface area contributed by atoms with Crippen LogP contribution in [-0.2, 0) is 0 Å². The van der Waals surface area contributed by atoms with Gasteiger partial charge in [-0.15, -0.1) is 0 Å². The highest BCUT2D eigenvalue weighted by molar-refractivity contribution is 6.05. The average Bonchev–Trinajstić information content (AvgIpc) is 2.79. The van der Waals surface area contributed by atoms with E-state index < -0.39 is 0 Å². The molecule has 1 aromatic heterocycles. The Labute approximate surface area is 180 Å². The van der Waals surface area contributed by atoms with Gasteiger partial charge in [0.25, 0.3) is 5.91 Å². The normalized spacial score (nSPS) is 18.4. The topological polar surface area (TPSA) is 48.5 Å². The van der Waals surface area contributed by atoms with E-state index >= 15 is 0 Å². The second kappa shape index (κ2) is 10.1. The Kier molecular flexibility index (Phi) is 7.00. The van der Waals surface area contributed by atoms with Gasteiger partial charge in [0.1, 0.15) is 0 Å². The molecule has 0 unspecified atom stereocenters. The first-order chi connectivity index (χ1) is 14.7. The number of pyridine rings is 1. The highest BCUT2D eigenvalue weighted by Gasteiger charge is 2.23. The first-order valence-electron chi connectivity index (χ1n) is 11.5. The summed E-state index contributed by atoms with van der Waals surface area (Å²) in [5.41, 5.74) is 2.57. The van der Waals surface area contributed by atoms with Gasteiger partial charge in [-0.05, 0) is 88.8 Å². The number of hydrogen-bond donors (Lipinski definition) is 1. The number of piperidine rings is 2. The van der Waals surface area contributed by atoms with Crippen LogP contribution in [0.1, 0.15) is 54.4 Å². The first kappa shape index (κ1) is 20.9. The van der Waals surface area contributed by atoms with Crippen molar-refractivity contribution in [2.75, 3.05) is 42.9 Å². The number of likely N-dealkylation sites (tertiary alicyclic amines) is 1. The van der Waals surface area contributed by atoms with Crippen molar-refractivity contribution in [1.29, 1.82) is 0 Å². The number of carbonyl (C=O) groups is 1. The molecule has 0 saturated carbocycles. The summed E-state index contributed by atoms with van der Waals surface area (Å²) in [7, 11) is 0. The van der Waals surface area contributed by atoms with Crippen molar-refractivity contribution in [1.82, 2.24) is 9.88 Å². The lowest BCUT2D eigenvalue weighted by atomic mass is 9.93. The van der Waals surface area contributed by atoms with Crippen LogP contribution in [0, 0.1) is 12.8 Å². The Bertz CT molecular complexity index is 839. The van der Waals surface area contributed by atoms with Crippen molar-refractivity contribution in [3.05, 3.63) is 53.7 Å². The van der Waals surface area contributed by atoms with Crippen LogP contribution in [0.25, 0.3) is 0 Å². The third-order valence-electron chi connectivity index (χ3n) is 6.53. The van der Waals surface area contributed by atoms with Gasteiger partial charge in [0.05, 0.1) is 5.69 Å². The summed E-state index contributed by atoms with van der Waals surface area (Å²) >= 11 is 0. The van der Waals surface area contributed by atoms with Gasteiger partial charge in [-0.25, -0.2) is 4.98 Å². The summed E-state index contributed by atoms with van der Waals surface area (Å²) in [6.07, 6.45) is 9.69. The van der Waals surface area contributed by atoms with Crippen molar-refractivity contribution in [3.8, 4) is 0 Å². The number of benzene rings is 1. The molecule has 160 valence electrons. The fourth-order valence-corrected chi connectivity index (χ4v) is 4.71. The first-order valence-corrected chi connectivity index (χ1v) is 11.5. The van der Waals surface area contributed by atoms with E-state index in [1.54, 1.807) is 0 Å². The second-order valence-corrected chi connectivity index (χ2v) is 8.82. The van der Waals surface area contributed by atoms with Crippen LogP contribution >= 0.6 is 0 Å². The van der Waals surface area contributed by atoms with Gasteiger partial charge in [0.15, 0.2) is 5.82 Å². The Balaban J connectivity index is 1.33. The minimum absolute atomic E-state index is 0.0793. The summed E-state index contributed by atoms with van der Waals surface area (Å²) in [6.45, 7) is 7.85. The molecule has 1 amide bonds. The summed E-state index contributed by atoms with van der Waals surface area (Å²) in [5, 5.41) is 3.08. The molecule has 2 aliphatic heterocycles. The molecular formula is C25H34N4O. The van der Waals surface area contributed by atoms with Crippen molar-refractivity contribution in [3.63, 3.8) is 0 Å². The van der Waals surface area contributed by atoms with Crippen LogP contribution in [0.15, 0.2) is 42.6 Å². The molecule has 2 aliphatic rings. The number of rotatable bonds is 6. The molecule has 5 nitrogen and oxygen atoms in total. The summed E-state index contributed by atoms with van der Waals surface area (Å²) in [5.74, 6) is 1.62. The van der Waals surface area contributed by atoms with Crippen LogP contribution in [0.3, 0.4) is 0 Å². The molecular weight excluding hydrogens is 372 g/mol. The number of hydrogen-bond acceptors (Lipinski definition) is 4.